The molecule has 1 aliphatic heterocycles. The molecule has 1 heterocycles. The molecular formula is C20H24N2O2. The minimum atomic E-state index is -0.0919. The van der Waals surface area contributed by atoms with Gasteiger partial charge in [-0.2, -0.15) is 0 Å². The summed E-state index contributed by atoms with van der Waals surface area (Å²) in [5.41, 5.74) is 3.76. The van der Waals surface area contributed by atoms with E-state index >= 15 is 0 Å². The van der Waals surface area contributed by atoms with E-state index in [-0.39, 0.29) is 18.6 Å². The van der Waals surface area contributed by atoms with Crippen LogP contribution in [0.4, 0.5) is 0 Å². The van der Waals surface area contributed by atoms with Gasteiger partial charge >= 0.3 is 0 Å². The number of carbonyl (C=O) groups is 1. The zero-order valence-corrected chi connectivity index (χ0v) is 14.0. The number of aryl methyl sites for hydroxylation is 1. The Hall–Kier alpha value is -2.33. The van der Waals surface area contributed by atoms with Crippen molar-refractivity contribution in [2.45, 2.75) is 25.8 Å². The molecule has 0 fully saturated rings. The predicted molar refractivity (Wildman–Crippen MR) is 95.2 cm³/mol. The van der Waals surface area contributed by atoms with Crippen LogP contribution < -0.4 is 15.4 Å². The Kier molecular flexibility index (Phi) is 5.49. The lowest BCUT2D eigenvalue weighted by Gasteiger charge is -2.27. The van der Waals surface area contributed by atoms with Gasteiger partial charge in [-0.3, -0.25) is 4.79 Å². The van der Waals surface area contributed by atoms with E-state index in [1.54, 1.807) is 0 Å². The first kappa shape index (κ1) is 16.5. The molecule has 2 aromatic carbocycles. The molecule has 0 saturated carbocycles. The van der Waals surface area contributed by atoms with Crippen LogP contribution in [0.3, 0.4) is 0 Å². The van der Waals surface area contributed by atoms with Crippen molar-refractivity contribution in [1.82, 2.24) is 10.6 Å². The summed E-state index contributed by atoms with van der Waals surface area (Å²) >= 11 is 0. The van der Waals surface area contributed by atoms with Gasteiger partial charge in [-0.25, -0.2) is 0 Å². The van der Waals surface area contributed by atoms with Gasteiger partial charge in [-0.15, -0.1) is 0 Å². The summed E-state index contributed by atoms with van der Waals surface area (Å²) < 4.78 is 5.67. The number of hydrogen-bond donors (Lipinski definition) is 2. The SMILES string of the molecule is CCc1ccccc1OCC(=O)NCC1NCCc2ccccc21. The average Bonchev–Trinajstić information content (AvgIpc) is 2.64. The van der Waals surface area contributed by atoms with Gasteiger partial charge < -0.3 is 15.4 Å². The molecule has 1 aliphatic rings. The maximum Gasteiger partial charge on any atom is 0.258 e. The Morgan fingerprint density at radius 2 is 2.00 bits per heavy atom. The maximum absolute atomic E-state index is 12.1. The molecule has 4 heteroatoms. The number of benzene rings is 2. The molecule has 2 N–H and O–H groups in total. The number of rotatable bonds is 6. The number of nitrogens with one attached hydrogen (secondary N) is 2. The van der Waals surface area contributed by atoms with Crippen molar-refractivity contribution in [2.24, 2.45) is 0 Å². The van der Waals surface area contributed by atoms with Crippen LogP contribution in [0.5, 0.6) is 5.75 Å². The van der Waals surface area contributed by atoms with Crippen molar-refractivity contribution in [3.63, 3.8) is 0 Å². The third kappa shape index (κ3) is 3.95. The van der Waals surface area contributed by atoms with Gasteiger partial charge in [-0.1, -0.05) is 49.4 Å². The van der Waals surface area contributed by atoms with E-state index in [1.807, 2.05) is 30.3 Å². The lowest BCUT2D eigenvalue weighted by Crippen LogP contribution is -2.40. The zero-order valence-electron chi connectivity index (χ0n) is 14.0. The number of fused-ring (bicyclic) bond motifs is 1. The molecule has 1 unspecified atom stereocenters. The highest BCUT2D eigenvalue weighted by Crippen LogP contribution is 2.22. The van der Waals surface area contributed by atoms with Crippen LogP contribution in [0.1, 0.15) is 29.7 Å². The van der Waals surface area contributed by atoms with Crippen molar-refractivity contribution < 1.29 is 9.53 Å². The number of ether oxygens (including phenoxy) is 1. The van der Waals surface area contributed by atoms with Crippen molar-refractivity contribution in [2.75, 3.05) is 19.7 Å². The van der Waals surface area contributed by atoms with E-state index in [9.17, 15) is 4.79 Å². The zero-order chi connectivity index (χ0) is 16.8. The van der Waals surface area contributed by atoms with Crippen LogP contribution in [-0.2, 0) is 17.6 Å². The second-order valence-corrected chi connectivity index (χ2v) is 6.01. The van der Waals surface area contributed by atoms with Gasteiger partial charge in [0.15, 0.2) is 6.61 Å². The quantitative estimate of drug-likeness (QED) is 0.859. The summed E-state index contributed by atoms with van der Waals surface area (Å²) in [6, 6.07) is 16.4. The van der Waals surface area contributed by atoms with Crippen LogP contribution >= 0.6 is 0 Å². The van der Waals surface area contributed by atoms with Gasteiger partial charge in [0, 0.05) is 12.6 Å². The minimum absolute atomic E-state index is 0.0470. The van der Waals surface area contributed by atoms with Gasteiger partial charge in [0.2, 0.25) is 0 Å². The van der Waals surface area contributed by atoms with Crippen molar-refractivity contribution in [3.8, 4) is 5.75 Å². The molecule has 0 radical (unpaired) electrons. The Morgan fingerprint density at radius 1 is 1.21 bits per heavy atom. The highest BCUT2D eigenvalue weighted by atomic mass is 16.5. The van der Waals surface area contributed by atoms with E-state index in [1.165, 1.54) is 11.1 Å². The fourth-order valence-corrected chi connectivity index (χ4v) is 3.12. The summed E-state index contributed by atoms with van der Waals surface area (Å²) in [5.74, 6) is 0.696. The molecule has 0 aliphatic carbocycles. The van der Waals surface area contributed by atoms with E-state index in [0.717, 1.165) is 30.7 Å². The molecule has 0 bridgehead atoms. The van der Waals surface area contributed by atoms with E-state index in [2.05, 4.69) is 35.8 Å². The molecule has 0 spiro atoms. The fourth-order valence-electron chi connectivity index (χ4n) is 3.12. The minimum Gasteiger partial charge on any atom is -0.483 e. The Morgan fingerprint density at radius 3 is 2.88 bits per heavy atom. The highest BCUT2D eigenvalue weighted by molar-refractivity contribution is 5.77. The molecule has 0 aromatic heterocycles. The largest absolute Gasteiger partial charge is 0.483 e. The summed E-state index contributed by atoms with van der Waals surface area (Å²) in [6.07, 6.45) is 1.93. The Labute approximate surface area is 143 Å². The van der Waals surface area contributed by atoms with Gasteiger partial charge in [0.25, 0.3) is 5.91 Å². The molecular weight excluding hydrogens is 300 g/mol. The van der Waals surface area contributed by atoms with E-state index in [4.69, 9.17) is 4.74 Å². The summed E-state index contributed by atoms with van der Waals surface area (Å²) in [7, 11) is 0. The fraction of sp³-hybridized carbons (Fsp3) is 0.350. The highest BCUT2D eigenvalue weighted by Gasteiger charge is 2.19. The first-order valence-corrected chi connectivity index (χ1v) is 8.56. The Bertz CT molecular complexity index is 700. The van der Waals surface area contributed by atoms with Crippen LogP contribution in [-0.4, -0.2) is 25.6 Å². The molecule has 0 saturated heterocycles. The molecule has 1 amide bonds. The predicted octanol–water partition coefficient (Wildman–Crippen LogP) is 2.63. The number of para-hydroxylation sites is 1. The molecule has 3 rings (SSSR count). The molecule has 1 atom stereocenters. The second-order valence-electron chi connectivity index (χ2n) is 6.01. The third-order valence-electron chi connectivity index (χ3n) is 4.43. The van der Waals surface area contributed by atoms with Crippen LogP contribution in [0, 0.1) is 0 Å². The van der Waals surface area contributed by atoms with Crippen molar-refractivity contribution in [3.05, 3.63) is 65.2 Å². The summed E-state index contributed by atoms with van der Waals surface area (Å²) in [4.78, 5) is 12.1. The van der Waals surface area contributed by atoms with Gasteiger partial charge in [0.05, 0.1) is 0 Å². The lowest BCUT2D eigenvalue weighted by molar-refractivity contribution is -0.123. The molecule has 24 heavy (non-hydrogen) atoms. The Balaban J connectivity index is 1.52. The van der Waals surface area contributed by atoms with Crippen molar-refractivity contribution in [1.29, 1.82) is 0 Å². The van der Waals surface area contributed by atoms with Crippen LogP contribution in [0.25, 0.3) is 0 Å². The first-order valence-electron chi connectivity index (χ1n) is 8.56. The maximum atomic E-state index is 12.1. The topological polar surface area (TPSA) is 50.4 Å². The summed E-state index contributed by atoms with van der Waals surface area (Å²) in [6.45, 7) is 3.65. The number of amides is 1. The molecule has 2 aromatic rings. The normalized spacial score (nSPS) is 16.3. The molecule has 4 nitrogen and oxygen atoms in total. The first-order chi connectivity index (χ1) is 11.8. The monoisotopic (exact) mass is 324 g/mol. The van der Waals surface area contributed by atoms with Crippen LogP contribution in [0.2, 0.25) is 0 Å². The average molecular weight is 324 g/mol. The second kappa shape index (κ2) is 7.97. The molecule has 126 valence electrons. The standard InChI is InChI=1S/C20H24N2O2/c1-2-15-7-4-6-10-19(15)24-14-20(23)22-13-18-17-9-5-3-8-16(17)11-12-21-18/h3-10,18,21H,2,11-14H2,1H3,(H,22,23). The van der Waals surface area contributed by atoms with Crippen LogP contribution in [0.15, 0.2) is 48.5 Å². The number of hydrogen-bond acceptors (Lipinski definition) is 3. The summed E-state index contributed by atoms with van der Waals surface area (Å²) in [5, 5.41) is 6.44. The third-order valence-corrected chi connectivity index (χ3v) is 4.43. The van der Waals surface area contributed by atoms with Gasteiger partial charge in [0.1, 0.15) is 5.75 Å². The van der Waals surface area contributed by atoms with Gasteiger partial charge in [-0.05, 0) is 42.1 Å². The van der Waals surface area contributed by atoms with Crippen molar-refractivity contribution >= 4 is 5.91 Å². The van der Waals surface area contributed by atoms with E-state index < -0.39 is 0 Å². The smallest absolute Gasteiger partial charge is 0.258 e. The lowest BCUT2D eigenvalue weighted by atomic mass is 9.94. The van der Waals surface area contributed by atoms with E-state index in [0.29, 0.717) is 6.54 Å². The number of carbonyl (C=O) groups excluding carboxylic acids is 1.